The Balaban J connectivity index is 1.94. The van der Waals surface area contributed by atoms with E-state index in [0.29, 0.717) is 22.0 Å². The van der Waals surface area contributed by atoms with Crippen LogP contribution in [0.25, 0.3) is 11.3 Å². The van der Waals surface area contributed by atoms with Gasteiger partial charge >= 0.3 is 5.97 Å². The van der Waals surface area contributed by atoms with Crippen LogP contribution in [0, 0.1) is 0 Å². The molecule has 2 aromatic carbocycles. The molecule has 144 valence electrons. The normalized spacial score (nSPS) is 10.5. The Labute approximate surface area is 167 Å². The maximum absolute atomic E-state index is 12.7. The number of hydrogen-bond donors (Lipinski definition) is 0. The second-order valence-electron chi connectivity index (χ2n) is 5.95. The lowest BCUT2D eigenvalue weighted by molar-refractivity contribution is 0.0517. The van der Waals surface area contributed by atoms with E-state index in [1.165, 1.54) is 4.68 Å². The zero-order valence-corrected chi connectivity index (χ0v) is 16.3. The average molecular weight is 399 g/mol. The Morgan fingerprint density at radius 3 is 2.36 bits per heavy atom. The molecule has 6 nitrogen and oxygen atoms in total. The minimum atomic E-state index is -0.534. The Morgan fingerprint density at radius 1 is 1.07 bits per heavy atom. The number of methoxy groups -OCH3 is 1. The Kier molecular flexibility index (Phi) is 6.11. The first-order chi connectivity index (χ1) is 13.5. The topological polar surface area (TPSA) is 70.4 Å². The molecule has 0 saturated heterocycles. The zero-order chi connectivity index (χ0) is 20.1. The Morgan fingerprint density at radius 2 is 1.75 bits per heavy atom. The highest BCUT2D eigenvalue weighted by Crippen LogP contribution is 2.24. The monoisotopic (exact) mass is 398 g/mol. The van der Waals surface area contributed by atoms with Crippen LogP contribution in [-0.2, 0) is 11.3 Å². The first-order valence-electron chi connectivity index (χ1n) is 8.70. The first-order valence-corrected chi connectivity index (χ1v) is 9.07. The van der Waals surface area contributed by atoms with Crippen LogP contribution in [0.1, 0.15) is 27.8 Å². The summed E-state index contributed by atoms with van der Waals surface area (Å²) in [6.45, 7) is 1.94. The first kappa shape index (κ1) is 19.6. The van der Waals surface area contributed by atoms with Gasteiger partial charge in [0, 0.05) is 10.6 Å². The number of nitrogens with zero attached hydrogens (tertiary/aromatic N) is 2. The summed E-state index contributed by atoms with van der Waals surface area (Å²) in [5, 5.41) is 4.88. The van der Waals surface area contributed by atoms with Crippen molar-refractivity contribution in [3.05, 3.63) is 70.9 Å². The molecule has 28 heavy (non-hydrogen) atoms. The number of halogens is 1. The molecule has 0 spiro atoms. The van der Waals surface area contributed by atoms with Gasteiger partial charge in [0.25, 0.3) is 0 Å². The van der Waals surface area contributed by atoms with Gasteiger partial charge in [-0.25, -0.2) is 4.79 Å². The van der Waals surface area contributed by atoms with E-state index in [2.05, 4.69) is 5.10 Å². The standard InChI is InChI=1S/C21H19ClN2O4/c1-3-28-21(26)18-12-19(14-4-8-16(22)9-5-14)24(23-18)13-20(25)15-6-10-17(27-2)11-7-15/h4-12H,3,13H2,1-2H3. The second-order valence-corrected chi connectivity index (χ2v) is 6.39. The van der Waals surface area contributed by atoms with E-state index in [0.717, 1.165) is 5.56 Å². The van der Waals surface area contributed by atoms with Gasteiger partial charge in [-0.05, 0) is 55.0 Å². The van der Waals surface area contributed by atoms with Crippen LogP contribution < -0.4 is 4.74 Å². The summed E-state index contributed by atoms with van der Waals surface area (Å²) in [6, 6.07) is 15.5. The number of hydrogen-bond acceptors (Lipinski definition) is 5. The quantitative estimate of drug-likeness (QED) is 0.439. The summed E-state index contributed by atoms with van der Waals surface area (Å²) < 4.78 is 11.6. The lowest BCUT2D eigenvalue weighted by atomic mass is 10.1. The highest BCUT2D eigenvalue weighted by atomic mass is 35.5. The molecule has 0 radical (unpaired) electrons. The van der Waals surface area contributed by atoms with Crippen LogP contribution >= 0.6 is 11.6 Å². The van der Waals surface area contributed by atoms with Gasteiger partial charge in [-0.3, -0.25) is 9.48 Å². The molecule has 0 amide bonds. The van der Waals surface area contributed by atoms with E-state index < -0.39 is 5.97 Å². The van der Waals surface area contributed by atoms with Gasteiger partial charge in [0.05, 0.1) is 19.4 Å². The lowest BCUT2D eigenvalue weighted by Gasteiger charge is -2.08. The molecular weight excluding hydrogens is 380 g/mol. The Hall–Kier alpha value is -3.12. The number of ketones is 1. The molecule has 0 atom stereocenters. The van der Waals surface area contributed by atoms with E-state index in [9.17, 15) is 9.59 Å². The number of Topliss-reactive ketones (excluding diaryl/α,β-unsaturated/α-hetero) is 1. The number of ether oxygens (including phenoxy) is 2. The number of carbonyl (C=O) groups is 2. The highest BCUT2D eigenvalue weighted by molar-refractivity contribution is 6.30. The second kappa shape index (κ2) is 8.71. The molecule has 0 aliphatic heterocycles. The minimum Gasteiger partial charge on any atom is -0.497 e. The van der Waals surface area contributed by atoms with Crippen molar-refractivity contribution < 1.29 is 19.1 Å². The number of rotatable bonds is 7. The van der Waals surface area contributed by atoms with Crippen molar-refractivity contribution in [2.45, 2.75) is 13.5 Å². The van der Waals surface area contributed by atoms with Crippen molar-refractivity contribution in [2.75, 3.05) is 13.7 Å². The number of carbonyl (C=O) groups excluding carboxylic acids is 2. The smallest absolute Gasteiger partial charge is 0.358 e. The van der Waals surface area contributed by atoms with Crippen LogP contribution in [0.2, 0.25) is 5.02 Å². The van der Waals surface area contributed by atoms with Crippen LogP contribution in [0.15, 0.2) is 54.6 Å². The van der Waals surface area contributed by atoms with Crippen LogP contribution in [0.3, 0.4) is 0 Å². The lowest BCUT2D eigenvalue weighted by Crippen LogP contribution is -2.14. The van der Waals surface area contributed by atoms with E-state index in [4.69, 9.17) is 21.1 Å². The average Bonchev–Trinajstić information content (AvgIpc) is 3.12. The van der Waals surface area contributed by atoms with Gasteiger partial charge in [0.1, 0.15) is 12.3 Å². The van der Waals surface area contributed by atoms with E-state index in [1.807, 2.05) is 12.1 Å². The van der Waals surface area contributed by atoms with Crippen LogP contribution in [-0.4, -0.2) is 35.2 Å². The summed E-state index contributed by atoms with van der Waals surface area (Å²) >= 11 is 5.96. The molecule has 0 N–H and O–H groups in total. The van der Waals surface area contributed by atoms with Gasteiger partial charge in [0.2, 0.25) is 0 Å². The van der Waals surface area contributed by atoms with Crippen molar-refractivity contribution in [3.63, 3.8) is 0 Å². The molecule has 0 unspecified atom stereocenters. The fourth-order valence-corrected chi connectivity index (χ4v) is 2.83. The van der Waals surface area contributed by atoms with Gasteiger partial charge in [-0.1, -0.05) is 23.7 Å². The SMILES string of the molecule is CCOC(=O)c1cc(-c2ccc(Cl)cc2)n(CC(=O)c2ccc(OC)cc2)n1. The molecule has 0 bridgehead atoms. The van der Waals surface area contributed by atoms with Gasteiger partial charge in [0.15, 0.2) is 11.5 Å². The van der Waals surface area contributed by atoms with E-state index in [1.54, 1.807) is 56.5 Å². The number of benzene rings is 2. The van der Waals surface area contributed by atoms with E-state index in [-0.39, 0.29) is 24.6 Å². The summed E-state index contributed by atoms with van der Waals surface area (Å²) in [5.41, 5.74) is 2.09. The molecule has 0 saturated carbocycles. The van der Waals surface area contributed by atoms with Crippen molar-refractivity contribution in [1.29, 1.82) is 0 Å². The molecule has 1 heterocycles. The predicted molar refractivity (Wildman–Crippen MR) is 106 cm³/mol. The van der Waals surface area contributed by atoms with Crippen molar-refractivity contribution in [3.8, 4) is 17.0 Å². The van der Waals surface area contributed by atoms with E-state index >= 15 is 0 Å². The molecule has 3 aromatic rings. The van der Waals surface area contributed by atoms with Crippen LogP contribution in [0.4, 0.5) is 0 Å². The third-order valence-electron chi connectivity index (χ3n) is 4.11. The predicted octanol–water partition coefficient (Wildman–Crippen LogP) is 4.27. The van der Waals surface area contributed by atoms with Gasteiger partial charge < -0.3 is 9.47 Å². The minimum absolute atomic E-state index is 0.0241. The van der Waals surface area contributed by atoms with Gasteiger partial charge in [-0.2, -0.15) is 5.10 Å². The van der Waals surface area contributed by atoms with Gasteiger partial charge in [-0.15, -0.1) is 0 Å². The number of aromatic nitrogens is 2. The molecule has 3 rings (SSSR count). The molecule has 0 aliphatic rings. The maximum atomic E-state index is 12.7. The van der Waals surface area contributed by atoms with Crippen molar-refractivity contribution >= 4 is 23.4 Å². The summed E-state index contributed by atoms with van der Waals surface area (Å²) in [6.07, 6.45) is 0. The fourth-order valence-electron chi connectivity index (χ4n) is 2.70. The fraction of sp³-hybridized carbons (Fsp3) is 0.190. The largest absolute Gasteiger partial charge is 0.497 e. The molecule has 0 fully saturated rings. The molecule has 0 aliphatic carbocycles. The molecule has 1 aromatic heterocycles. The summed E-state index contributed by atoms with van der Waals surface area (Å²) in [4.78, 5) is 24.8. The number of esters is 1. The highest BCUT2D eigenvalue weighted by Gasteiger charge is 2.19. The molecule has 7 heteroatoms. The van der Waals surface area contributed by atoms with Crippen LogP contribution in [0.5, 0.6) is 5.75 Å². The van der Waals surface area contributed by atoms with Crippen molar-refractivity contribution in [1.82, 2.24) is 9.78 Å². The maximum Gasteiger partial charge on any atom is 0.358 e. The van der Waals surface area contributed by atoms with Crippen molar-refractivity contribution in [2.24, 2.45) is 0 Å². The Bertz CT molecular complexity index is 979. The third-order valence-corrected chi connectivity index (χ3v) is 4.36. The molecular formula is C21H19ClN2O4. The summed E-state index contributed by atoms with van der Waals surface area (Å²) in [7, 11) is 1.57. The zero-order valence-electron chi connectivity index (χ0n) is 15.5. The summed E-state index contributed by atoms with van der Waals surface area (Å²) in [5.74, 6) is -0.00757. The third kappa shape index (κ3) is 4.40.